The van der Waals surface area contributed by atoms with Gasteiger partial charge < -0.3 is 10.6 Å². The van der Waals surface area contributed by atoms with E-state index in [4.69, 9.17) is 5.10 Å². The van der Waals surface area contributed by atoms with Crippen LogP contribution in [-0.2, 0) is 7.05 Å². The molecule has 2 N–H and O–H groups in total. The number of urea groups is 1. The molecule has 2 amide bonds. The number of carbonyl (C=O) groups is 1. The number of carbonyl (C=O) groups excluding carboxylic acids is 1. The van der Waals surface area contributed by atoms with Crippen LogP contribution in [0.1, 0.15) is 31.4 Å². The van der Waals surface area contributed by atoms with Crippen molar-refractivity contribution >= 4 is 6.03 Å². The number of amides is 2. The minimum Gasteiger partial charge on any atom is -0.338 e. The van der Waals surface area contributed by atoms with Crippen LogP contribution in [0.4, 0.5) is 4.79 Å². The fourth-order valence-corrected chi connectivity index (χ4v) is 4.70. The van der Waals surface area contributed by atoms with E-state index in [0.717, 1.165) is 31.7 Å². The second kappa shape index (κ2) is 7.72. The van der Waals surface area contributed by atoms with E-state index in [9.17, 15) is 4.79 Å². The molecule has 4 atom stereocenters. The van der Waals surface area contributed by atoms with Crippen LogP contribution < -0.4 is 10.6 Å². The number of rotatable bonds is 5. The number of benzene rings is 1. The molecular weight excluding hydrogens is 338 g/mol. The smallest absolute Gasteiger partial charge is 0.314 e. The molecule has 3 fully saturated rings. The number of nitrogens with one attached hydrogen (secondary N) is 2. The first-order chi connectivity index (χ1) is 13.2. The molecule has 3 saturated heterocycles. The number of aryl methyl sites for hydroxylation is 1. The summed E-state index contributed by atoms with van der Waals surface area (Å²) in [5.74, 6) is 1.18. The van der Waals surface area contributed by atoms with E-state index in [0.29, 0.717) is 24.4 Å². The Labute approximate surface area is 160 Å². The Hall–Kier alpha value is -2.34. The normalized spacial score (nSPS) is 26.7. The lowest BCUT2D eigenvalue weighted by Gasteiger charge is -2.49. The number of piperidine rings is 3. The van der Waals surface area contributed by atoms with Crippen LogP contribution in [0.3, 0.4) is 0 Å². The molecule has 0 aliphatic carbocycles. The average molecular weight is 367 g/mol. The predicted octanol–water partition coefficient (Wildman–Crippen LogP) is 2.58. The molecule has 1 aromatic heterocycles. The van der Waals surface area contributed by atoms with Crippen molar-refractivity contribution in [2.24, 2.45) is 13.0 Å². The number of hydrogen-bond donors (Lipinski definition) is 2. The summed E-state index contributed by atoms with van der Waals surface area (Å²) < 4.78 is 2.07. The summed E-state index contributed by atoms with van der Waals surface area (Å²) in [6, 6.07) is 13.0. The van der Waals surface area contributed by atoms with Gasteiger partial charge in [-0.15, -0.1) is 0 Å². The maximum Gasteiger partial charge on any atom is 0.314 e. The molecule has 144 valence electrons. The fourth-order valence-electron chi connectivity index (χ4n) is 4.70. The number of fused-ring (bicyclic) bond motifs is 3. The van der Waals surface area contributed by atoms with E-state index in [-0.39, 0.29) is 6.03 Å². The van der Waals surface area contributed by atoms with Crippen molar-refractivity contribution in [2.75, 3.05) is 26.2 Å². The number of nitrogens with zero attached hydrogens (tertiary/aromatic N) is 3. The molecule has 2 bridgehead atoms. The first-order valence-electron chi connectivity index (χ1n) is 10.0. The highest BCUT2D eigenvalue weighted by atomic mass is 16.2. The molecule has 0 saturated carbocycles. The summed E-state index contributed by atoms with van der Waals surface area (Å²) >= 11 is 0. The summed E-state index contributed by atoms with van der Waals surface area (Å²) in [4.78, 5) is 14.3. The lowest BCUT2D eigenvalue weighted by atomic mass is 9.74. The maximum atomic E-state index is 11.7. The van der Waals surface area contributed by atoms with Crippen LogP contribution in [0.2, 0.25) is 0 Å². The van der Waals surface area contributed by atoms with Gasteiger partial charge in [0.15, 0.2) is 0 Å². The Kier molecular flexibility index (Phi) is 5.16. The SMILES string of the molecule is CCNC(=O)NCC1CC2CCN1CC2c1cc(-c2ccccc2)nn1C. The maximum absolute atomic E-state index is 11.7. The van der Waals surface area contributed by atoms with Gasteiger partial charge >= 0.3 is 6.03 Å². The van der Waals surface area contributed by atoms with Gasteiger partial charge in [0.05, 0.1) is 5.69 Å². The molecule has 4 unspecified atom stereocenters. The van der Waals surface area contributed by atoms with Crippen molar-refractivity contribution in [1.29, 1.82) is 0 Å². The summed E-state index contributed by atoms with van der Waals surface area (Å²) in [6.45, 7) is 5.52. The minimum absolute atomic E-state index is 0.0594. The third-order valence-electron chi connectivity index (χ3n) is 6.08. The van der Waals surface area contributed by atoms with Crippen molar-refractivity contribution in [3.63, 3.8) is 0 Å². The summed E-state index contributed by atoms with van der Waals surface area (Å²) in [7, 11) is 2.06. The number of aromatic nitrogens is 2. The van der Waals surface area contributed by atoms with E-state index >= 15 is 0 Å². The van der Waals surface area contributed by atoms with Crippen LogP contribution in [-0.4, -0.2) is 52.9 Å². The van der Waals surface area contributed by atoms with E-state index in [1.165, 1.54) is 17.7 Å². The minimum atomic E-state index is -0.0594. The average Bonchev–Trinajstić information content (AvgIpc) is 3.09. The van der Waals surface area contributed by atoms with Gasteiger partial charge in [0.2, 0.25) is 0 Å². The highest BCUT2D eigenvalue weighted by Gasteiger charge is 2.41. The first kappa shape index (κ1) is 18.0. The number of hydrogen-bond acceptors (Lipinski definition) is 3. The van der Waals surface area contributed by atoms with Crippen LogP contribution in [0.15, 0.2) is 36.4 Å². The van der Waals surface area contributed by atoms with Gasteiger partial charge in [-0.05, 0) is 38.3 Å². The zero-order valence-corrected chi connectivity index (χ0v) is 16.2. The van der Waals surface area contributed by atoms with Gasteiger partial charge in [-0.3, -0.25) is 9.58 Å². The molecule has 3 aliphatic heterocycles. The molecular formula is C21H29N5O. The van der Waals surface area contributed by atoms with Gasteiger partial charge in [-0.1, -0.05) is 30.3 Å². The Morgan fingerprint density at radius 2 is 2.07 bits per heavy atom. The molecule has 4 heterocycles. The van der Waals surface area contributed by atoms with Crippen molar-refractivity contribution < 1.29 is 4.79 Å². The highest BCUT2D eigenvalue weighted by Crippen LogP contribution is 2.42. The van der Waals surface area contributed by atoms with E-state index in [2.05, 4.69) is 57.6 Å². The Morgan fingerprint density at radius 3 is 2.78 bits per heavy atom. The van der Waals surface area contributed by atoms with Gasteiger partial charge in [-0.2, -0.15) is 5.10 Å². The summed E-state index contributed by atoms with van der Waals surface area (Å²) in [6.07, 6.45) is 2.37. The third-order valence-corrected chi connectivity index (χ3v) is 6.08. The molecule has 6 nitrogen and oxygen atoms in total. The lowest BCUT2D eigenvalue weighted by Crippen LogP contribution is -2.56. The fraction of sp³-hybridized carbons (Fsp3) is 0.524. The third kappa shape index (κ3) is 3.72. The molecule has 6 heteroatoms. The van der Waals surface area contributed by atoms with Crippen molar-refractivity contribution in [1.82, 2.24) is 25.3 Å². The molecule has 27 heavy (non-hydrogen) atoms. The van der Waals surface area contributed by atoms with Crippen molar-refractivity contribution in [2.45, 2.75) is 31.7 Å². The zero-order chi connectivity index (χ0) is 18.8. The molecule has 2 aromatic rings. The molecule has 3 aliphatic rings. The molecule has 1 aromatic carbocycles. The topological polar surface area (TPSA) is 62.2 Å². The van der Waals surface area contributed by atoms with Gasteiger partial charge in [-0.25, -0.2) is 4.79 Å². The molecule has 5 rings (SSSR count). The van der Waals surface area contributed by atoms with Gasteiger partial charge in [0, 0.05) is 49.9 Å². The van der Waals surface area contributed by atoms with Crippen molar-refractivity contribution in [3.8, 4) is 11.3 Å². The monoisotopic (exact) mass is 367 g/mol. The van der Waals surface area contributed by atoms with Crippen LogP contribution in [0.5, 0.6) is 0 Å². The van der Waals surface area contributed by atoms with Crippen LogP contribution in [0, 0.1) is 5.92 Å². The van der Waals surface area contributed by atoms with Gasteiger partial charge in [0.1, 0.15) is 0 Å². The van der Waals surface area contributed by atoms with E-state index in [1.54, 1.807) is 0 Å². The second-order valence-electron chi connectivity index (χ2n) is 7.72. The largest absolute Gasteiger partial charge is 0.338 e. The zero-order valence-electron chi connectivity index (χ0n) is 16.2. The quantitative estimate of drug-likeness (QED) is 0.854. The lowest BCUT2D eigenvalue weighted by molar-refractivity contribution is 0.0294. The first-order valence-corrected chi connectivity index (χ1v) is 10.0. The Morgan fingerprint density at radius 1 is 1.26 bits per heavy atom. The van der Waals surface area contributed by atoms with Crippen molar-refractivity contribution in [3.05, 3.63) is 42.1 Å². The highest BCUT2D eigenvalue weighted by molar-refractivity contribution is 5.73. The Bertz CT molecular complexity index is 787. The molecule has 0 spiro atoms. The van der Waals surface area contributed by atoms with Gasteiger partial charge in [0.25, 0.3) is 0 Å². The standard InChI is InChI=1S/C21H29N5O/c1-3-22-21(27)23-13-17-11-16-9-10-26(17)14-18(16)20-12-19(24-25(20)2)15-7-5-4-6-8-15/h4-8,12,16-18H,3,9-11,13-14H2,1-2H3,(H2,22,23,27). The van der Waals surface area contributed by atoms with Crippen LogP contribution >= 0.6 is 0 Å². The molecule has 0 radical (unpaired) electrons. The van der Waals surface area contributed by atoms with E-state index in [1.807, 2.05) is 13.0 Å². The van der Waals surface area contributed by atoms with Crippen LogP contribution in [0.25, 0.3) is 11.3 Å². The second-order valence-corrected chi connectivity index (χ2v) is 7.72. The Balaban J connectivity index is 1.45. The predicted molar refractivity (Wildman–Crippen MR) is 107 cm³/mol. The van der Waals surface area contributed by atoms with E-state index < -0.39 is 0 Å². The summed E-state index contributed by atoms with van der Waals surface area (Å²) in [5, 5.41) is 10.6. The summed E-state index contributed by atoms with van der Waals surface area (Å²) in [5.41, 5.74) is 3.56.